The van der Waals surface area contributed by atoms with Gasteiger partial charge in [-0.25, -0.2) is 4.39 Å². The molecule has 5 rings (SSSR count). The van der Waals surface area contributed by atoms with Gasteiger partial charge in [-0.1, -0.05) is 19.1 Å². The first-order chi connectivity index (χ1) is 13.7. The number of nitrogens with zero attached hydrogens (tertiary/aromatic N) is 4. The zero-order valence-corrected chi connectivity index (χ0v) is 15.6. The summed E-state index contributed by atoms with van der Waals surface area (Å²) in [7, 11) is 0. The highest BCUT2D eigenvalue weighted by Crippen LogP contribution is 2.35. The average molecular weight is 373 g/mol. The van der Waals surface area contributed by atoms with E-state index < -0.39 is 0 Å². The number of hydrogen-bond donors (Lipinski definition) is 1. The molecule has 1 aromatic carbocycles. The molecule has 1 unspecified atom stereocenters. The minimum atomic E-state index is -0.289. The van der Waals surface area contributed by atoms with Crippen LogP contribution in [0.5, 0.6) is 0 Å². The quantitative estimate of drug-likeness (QED) is 0.567. The van der Waals surface area contributed by atoms with E-state index in [0.717, 1.165) is 40.9 Å². The molecule has 4 aromatic rings. The smallest absolute Gasteiger partial charge is 0.132 e. The predicted octanol–water partition coefficient (Wildman–Crippen LogP) is 4.67. The monoisotopic (exact) mass is 373 g/mol. The van der Waals surface area contributed by atoms with E-state index in [0.29, 0.717) is 17.2 Å². The minimum absolute atomic E-state index is 0.289. The molecule has 0 saturated carbocycles. The number of rotatable bonds is 3. The highest BCUT2D eigenvalue weighted by Gasteiger charge is 2.22. The van der Waals surface area contributed by atoms with Gasteiger partial charge < -0.3 is 4.90 Å². The summed E-state index contributed by atoms with van der Waals surface area (Å²) in [5, 5.41) is 8.15. The number of nitrogens with one attached hydrogen (secondary N) is 1. The number of hydrogen-bond acceptors (Lipinski definition) is 4. The van der Waals surface area contributed by atoms with Gasteiger partial charge in [-0.15, -0.1) is 0 Å². The standard InChI is InChI=1S/C22H20FN5/c1-14-7-9-28(13-14)21-6-8-24-11-17(21)19-10-16-20(12-25-19)26-27-22(16)15-4-2-3-5-18(15)23/h2-6,8,10-12,14H,7,9,13H2,1H3,(H,26,27). The van der Waals surface area contributed by atoms with Crippen LogP contribution in [-0.4, -0.2) is 33.3 Å². The number of aromatic nitrogens is 4. The van der Waals surface area contributed by atoms with Crippen LogP contribution < -0.4 is 4.90 Å². The van der Waals surface area contributed by atoms with Gasteiger partial charge in [0.1, 0.15) is 11.5 Å². The lowest BCUT2D eigenvalue weighted by molar-refractivity contribution is 0.631. The SMILES string of the molecule is CC1CCN(c2ccncc2-c2cc3c(-c4ccccc4F)n[nH]c3cn2)C1. The Morgan fingerprint density at radius 2 is 2.04 bits per heavy atom. The van der Waals surface area contributed by atoms with Crippen LogP contribution in [0.15, 0.2) is 55.0 Å². The summed E-state index contributed by atoms with van der Waals surface area (Å²) < 4.78 is 14.3. The van der Waals surface area contributed by atoms with Gasteiger partial charge in [0.2, 0.25) is 0 Å². The molecule has 1 fully saturated rings. The highest BCUT2D eigenvalue weighted by molar-refractivity contribution is 5.95. The molecule has 28 heavy (non-hydrogen) atoms. The second-order valence-electron chi connectivity index (χ2n) is 7.40. The molecule has 140 valence electrons. The summed E-state index contributed by atoms with van der Waals surface area (Å²) in [5.41, 5.74) is 4.79. The van der Waals surface area contributed by atoms with Gasteiger partial charge in [0.15, 0.2) is 0 Å². The van der Waals surface area contributed by atoms with E-state index in [1.807, 2.05) is 30.6 Å². The molecule has 1 aliphatic rings. The molecule has 5 nitrogen and oxygen atoms in total. The molecular weight excluding hydrogens is 353 g/mol. The molecule has 1 saturated heterocycles. The van der Waals surface area contributed by atoms with Crippen molar-refractivity contribution in [2.45, 2.75) is 13.3 Å². The van der Waals surface area contributed by atoms with E-state index in [1.165, 1.54) is 12.5 Å². The first-order valence-electron chi connectivity index (χ1n) is 9.49. The predicted molar refractivity (Wildman–Crippen MR) is 109 cm³/mol. The average Bonchev–Trinajstić information content (AvgIpc) is 3.34. The number of aromatic amines is 1. The van der Waals surface area contributed by atoms with E-state index >= 15 is 0 Å². The van der Waals surface area contributed by atoms with Crippen molar-refractivity contribution in [1.29, 1.82) is 0 Å². The van der Waals surface area contributed by atoms with Crippen molar-refractivity contribution >= 4 is 16.6 Å². The zero-order chi connectivity index (χ0) is 19.1. The number of fused-ring (bicyclic) bond motifs is 1. The van der Waals surface area contributed by atoms with Crippen molar-refractivity contribution in [3.8, 4) is 22.5 Å². The van der Waals surface area contributed by atoms with Crippen LogP contribution in [0.25, 0.3) is 33.4 Å². The number of anilines is 1. The van der Waals surface area contributed by atoms with Gasteiger partial charge in [-0.2, -0.15) is 5.10 Å². The maximum atomic E-state index is 14.3. The first kappa shape index (κ1) is 16.9. The van der Waals surface area contributed by atoms with E-state index in [9.17, 15) is 4.39 Å². The molecule has 0 aliphatic carbocycles. The van der Waals surface area contributed by atoms with E-state index in [4.69, 9.17) is 0 Å². The fourth-order valence-corrected chi connectivity index (χ4v) is 3.94. The second kappa shape index (κ2) is 6.71. The first-order valence-corrected chi connectivity index (χ1v) is 9.49. The molecule has 0 spiro atoms. The van der Waals surface area contributed by atoms with Crippen LogP contribution in [0.4, 0.5) is 10.1 Å². The highest BCUT2D eigenvalue weighted by atomic mass is 19.1. The van der Waals surface area contributed by atoms with Crippen molar-refractivity contribution in [2.75, 3.05) is 18.0 Å². The van der Waals surface area contributed by atoms with E-state index in [2.05, 4.69) is 32.0 Å². The maximum Gasteiger partial charge on any atom is 0.132 e. The van der Waals surface area contributed by atoms with Crippen LogP contribution in [0, 0.1) is 11.7 Å². The van der Waals surface area contributed by atoms with Gasteiger partial charge in [0, 0.05) is 47.7 Å². The molecule has 1 atom stereocenters. The van der Waals surface area contributed by atoms with Gasteiger partial charge in [-0.05, 0) is 36.6 Å². The Balaban J connectivity index is 1.64. The number of pyridine rings is 2. The summed E-state index contributed by atoms with van der Waals surface area (Å²) >= 11 is 0. The second-order valence-corrected chi connectivity index (χ2v) is 7.40. The minimum Gasteiger partial charge on any atom is -0.371 e. The van der Waals surface area contributed by atoms with Crippen molar-refractivity contribution < 1.29 is 4.39 Å². The van der Waals surface area contributed by atoms with Crippen LogP contribution in [0.3, 0.4) is 0 Å². The third-order valence-corrected chi connectivity index (χ3v) is 5.41. The largest absolute Gasteiger partial charge is 0.371 e. The molecule has 1 N–H and O–H groups in total. The van der Waals surface area contributed by atoms with Gasteiger partial charge in [0.25, 0.3) is 0 Å². The lowest BCUT2D eigenvalue weighted by atomic mass is 10.1. The third-order valence-electron chi connectivity index (χ3n) is 5.41. The Labute approximate surface area is 162 Å². The Kier molecular flexibility index (Phi) is 4.04. The summed E-state index contributed by atoms with van der Waals surface area (Å²) in [6.07, 6.45) is 6.62. The Bertz CT molecular complexity index is 1150. The molecule has 1 aliphatic heterocycles. The van der Waals surface area contributed by atoms with Crippen molar-refractivity contribution in [3.05, 3.63) is 60.8 Å². The van der Waals surface area contributed by atoms with Crippen LogP contribution in [-0.2, 0) is 0 Å². The Morgan fingerprint density at radius 1 is 1.14 bits per heavy atom. The zero-order valence-electron chi connectivity index (χ0n) is 15.6. The fraction of sp³-hybridized carbons (Fsp3) is 0.227. The topological polar surface area (TPSA) is 57.7 Å². The number of benzene rings is 1. The maximum absolute atomic E-state index is 14.3. The van der Waals surface area contributed by atoms with Crippen molar-refractivity contribution in [1.82, 2.24) is 20.2 Å². The number of H-pyrrole nitrogens is 1. The molecule has 6 heteroatoms. The van der Waals surface area contributed by atoms with Gasteiger partial charge in [-0.3, -0.25) is 15.1 Å². The van der Waals surface area contributed by atoms with E-state index in [-0.39, 0.29) is 5.82 Å². The Morgan fingerprint density at radius 3 is 2.86 bits per heavy atom. The van der Waals surface area contributed by atoms with Gasteiger partial charge >= 0.3 is 0 Å². The van der Waals surface area contributed by atoms with Crippen LogP contribution in [0.2, 0.25) is 0 Å². The lowest BCUT2D eigenvalue weighted by Crippen LogP contribution is -2.20. The molecular formula is C22H20FN5. The summed E-state index contributed by atoms with van der Waals surface area (Å²) in [6.45, 7) is 4.34. The summed E-state index contributed by atoms with van der Waals surface area (Å²) in [4.78, 5) is 11.3. The third kappa shape index (κ3) is 2.81. The van der Waals surface area contributed by atoms with E-state index in [1.54, 1.807) is 18.3 Å². The molecule has 0 bridgehead atoms. The number of halogens is 1. The molecule has 0 radical (unpaired) electrons. The van der Waals surface area contributed by atoms with Gasteiger partial charge in [0.05, 0.1) is 17.4 Å². The molecule has 4 heterocycles. The van der Waals surface area contributed by atoms with Crippen LogP contribution in [0.1, 0.15) is 13.3 Å². The lowest BCUT2D eigenvalue weighted by Gasteiger charge is -2.21. The summed E-state index contributed by atoms with van der Waals surface area (Å²) in [5.74, 6) is 0.389. The normalized spacial score (nSPS) is 16.8. The fourth-order valence-electron chi connectivity index (χ4n) is 3.94. The van der Waals surface area contributed by atoms with Crippen molar-refractivity contribution in [3.63, 3.8) is 0 Å². The Hall–Kier alpha value is -3.28. The molecule has 3 aromatic heterocycles. The van der Waals surface area contributed by atoms with Crippen LogP contribution >= 0.6 is 0 Å². The van der Waals surface area contributed by atoms with Crippen molar-refractivity contribution in [2.24, 2.45) is 5.92 Å². The summed E-state index contributed by atoms with van der Waals surface area (Å²) in [6, 6.07) is 10.7. The molecule has 0 amide bonds.